The lowest BCUT2D eigenvalue weighted by Gasteiger charge is -2.23. The van der Waals surface area contributed by atoms with Crippen molar-refractivity contribution < 1.29 is 24.5 Å². The summed E-state index contributed by atoms with van der Waals surface area (Å²) in [7, 11) is 1.42. The van der Waals surface area contributed by atoms with Gasteiger partial charge < -0.3 is 19.7 Å². The lowest BCUT2D eigenvalue weighted by molar-refractivity contribution is -0.309. The number of carbonyl (C=O) groups excluding carboxylic acids is 2. The monoisotopic (exact) mass is 338 g/mol. The molecule has 1 heterocycles. The van der Waals surface area contributed by atoms with Gasteiger partial charge in [-0.1, -0.05) is 30.0 Å². The average molecular weight is 338 g/mol. The summed E-state index contributed by atoms with van der Waals surface area (Å²) in [6.45, 7) is 1.34. The average Bonchev–Trinajstić information content (AvgIpc) is 2.74. The van der Waals surface area contributed by atoms with Crippen molar-refractivity contribution in [3.8, 4) is 11.5 Å². The lowest BCUT2D eigenvalue weighted by atomic mass is 10.2. The first-order chi connectivity index (χ1) is 10.3. The second-order valence-corrected chi connectivity index (χ2v) is 6.15. The summed E-state index contributed by atoms with van der Waals surface area (Å²) in [5.41, 5.74) is 0.622. The van der Waals surface area contributed by atoms with Gasteiger partial charge in [-0.25, -0.2) is 0 Å². The van der Waals surface area contributed by atoms with E-state index in [1.807, 2.05) is 0 Å². The van der Waals surface area contributed by atoms with Crippen LogP contribution in [0.3, 0.4) is 0 Å². The molecule has 1 atom stereocenters. The maximum Gasteiger partial charge on any atom is 0.266 e. The largest absolute Gasteiger partial charge is 0.548 e. The number of carboxylic acids is 1. The molecule has 1 aliphatic rings. The van der Waals surface area contributed by atoms with Gasteiger partial charge in [-0.2, -0.15) is 0 Å². The van der Waals surface area contributed by atoms with Gasteiger partial charge in [0.05, 0.1) is 24.0 Å². The fraction of sp³-hybridized carbons (Fsp3) is 0.214. The van der Waals surface area contributed by atoms with Crippen LogP contribution in [0.15, 0.2) is 23.1 Å². The van der Waals surface area contributed by atoms with Crippen LogP contribution in [0, 0.1) is 0 Å². The molecule has 1 saturated heterocycles. The molecule has 1 fully saturated rings. The molecule has 22 heavy (non-hydrogen) atoms. The summed E-state index contributed by atoms with van der Waals surface area (Å²) in [6.07, 6.45) is 1.56. The quantitative estimate of drug-likeness (QED) is 0.640. The minimum atomic E-state index is -1.37. The number of carbonyl (C=O) groups is 2. The number of phenols is 1. The van der Waals surface area contributed by atoms with E-state index in [-0.39, 0.29) is 15.8 Å². The number of methoxy groups -OCH3 is 1. The van der Waals surface area contributed by atoms with Crippen LogP contribution in [0.25, 0.3) is 6.08 Å². The van der Waals surface area contributed by atoms with E-state index in [9.17, 15) is 19.8 Å². The maximum atomic E-state index is 12.3. The molecule has 0 aliphatic carbocycles. The smallest absolute Gasteiger partial charge is 0.266 e. The van der Waals surface area contributed by atoms with Gasteiger partial charge in [-0.15, -0.1) is 0 Å². The number of carboxylic acid groups (broad SMARTS) is 1. The van der Waals surface area contributed by atoms with E-state index in [0.29, 0.717) is 10.5 Å². The van der Waals surface area contributed by atoms with Crippen molar-refractivity contribution in [2.45, 2.75) is 13.0 Å². The van der Waals surface area contributed by atoms with Gasteiger partial charge in [0.15, 0.2) is 11.5 Å². The molecule has 8 heteroatoms. The van der Waals surface area contributed by atoms with Crippen LogP contribution >= 0.6 is 24.0 Å². The number of ether oxygens (including phenoxy) is 1. The number of amides is 1. The first kappa shape index (κ1) is 16.3. The number of aliphatic carboxylic acids is 1. The fourth-order valence-corrected chi connectivity index (χ4v) is 3.27. The van der Waals surface area contributed by atoms with Crippen molar-refractivity contribution in [3.63, 3.8) is 0 Å². The third-order valence-corrected chi connectivity index (χ3v) is 4.38. The zero-order valence-corrected chi connectivity index (χ0v) is 13.4. The molecule has 1 N–H and O–H groups in total. The Morgan fingerprint density at radius 2 is 2.23 bits per heavy atom. The molecule has 1 aliphatic heterocycles. The van der Waals surface area contributed by atoms with E-state index in [2.05, 4.69) is 0 Å². The molecular weight excluding hydrogens is 326 g/mol. The number of hydrogen-bond donors (Lipinski definition) is 1. The van der Waals surface area contributed by atoms with Crippen LogP contribution < -0.4 is 9.84 Å². The minimum absolute atomic E-state index is 0.0160. The third kappa shape index (κ3) is 3.07. The number of thiocarbonyl (C=S) groups is 1. The molecule has 6 nitrogen and oxygen atoms in total. The van der Waals surface area contributed by atoms with Gasteiger partial charge in [0.1, 0.15) is 4.32 Å². The number of thioether (sulfide) groups is 1. The van der Waals surface area contributed by atoms with E-state index < -0.39 is 17.9 Å². The maximum absolute atomic E-state index is 12.3. The highest BCUT2D eigenvalue weighted by atomic mass is 32.2. The number of nitrogens with zero attached hydrogens (tertiary/aromatic N) is 1. The van der Waals surface area contributed by atoms with Crippen LogP contribution in [-0.4, -0.2) is 39.4 Å². The van der Waals surface area contributed by atoms with E-state index in [0.717, 1.165) is 16.7 Å². The number of benzene rings is 1. The predicted octanol–water partition coefficient (Wildman–Crippen LogP) is 0.740. The van der Waals surface area contributed by atoms with Crippen molar-refractivity contribution >= 4 is 46.3 Å². The van der Waals surface area contributed by atoms with Crippen molar-refractivity contribution in [1.82, 2.24) is 4.90 Å². The van der Waals surface area contributed by atoms with Gasteiger partial charge >= 0.3 is 0 Å². The molecule has 0 unspecified atom stereocenters. The van der Waals surface area contributed by atoms with Crippen LogP contribution in [0.5, 0.6) is 11.5 Å². The molecule has 0 saturated carbocycles. The van der Waals surface area contributed by atoms with Crippen molar-refractivity contribution in [3.05, 3.63) is 28.7 Å². The molecule has 0 radical (unpaired) electrons. The Labute approximate surface area is 136 Å². The molecule has 1 amide bonds. The SMILES string of the molecule is COc1cc(/C=C2\SC(=S)N([C@@H](C)C(=O)[O-])C2=O)ccc1O. The minimum Gasteiger partial charge on any atom is -0.548 e. The Kier molecular flexibility index (Phi) is 4.72. The normalized spacial score (nSPS) is 17.9. The van der Waals surface area contributed by atoms with Gasteiger partial charge in [0.25, 0.3) is 5.91 Å². The van der Waals surface area contributed by atoms with E-state index >= 15 is 0 Å². The van der Waals surface area contributed by atoms with Crippen LogP contribution in [0.1, 0.15) is 12.5 Å². The Bertz CT molecular complexity index is 686. The highest BCUT2D eigenvalue weighted by Crippen LogP contribution is 2.35. The summed E-state index contributed by atoms with van der Waals surface area (Å²) in [5.74, 6) is -1.60. The number of rotatable bonds is 4. The molecule has 0 spiro atoms. The predicted molar refractivity (Wildman–Crippen MR) is 84.1 cm³/mol. The molecule has 1 aromatic rings. The van der Waals surface area contributed by atoms with E-state index in [1.54, 1.807) is 18.2 Å². The summed E-state index contributed by atoms with van der Waals surface area (Å²) in [4.78, 5) is 24.5. The van der Waals surface area contributed by atoms with Gasteiger partial charge in [0, 0.05) is 0 Å². The molecule has 0 aromatic heterocycles. The number of aromatic hydroxyl groups is 1. The number of phenolic OH excluding ortho intramolecular Hbond substituents is 1. The zero-order valence-electron chi connectivity index (χ0n) is 11.7. The second kappa shape index (κ2) is 6.37. The van der Waals surface area contributed by atoms with Crippen molar-refractivity contribution in [2.75, 3.05) is 7.11 Å². The lowest BCUT2D eigenvalue weighted by Crippen LogP contribution is -2.48. The molecule has 2 rings (SSSR count). The molecule has 1 aromatic carbocycles. The van der Waals surface area contributed by atoms with Crippen LogP contribution in [0.2, 0.25) is 0 Å². The Balaban J connectivity index is 2.32. The van der Waals surface area contributed by atoms with Gasteiger partial charge in [-0.3, -0.25) is 9.69 Å². The molecule has 116 valence electrons. The highest BCUT2D eigenvalue weighted by Gasteiger charge is 2.35. The summed E-state index contributed by atoms with van der Waals surface area (Å²) in [6, 6.07) is 3.47. The summed E-state index contributed by atoms with van der Waals surface area (Å²) < 4.78 is 5.16. The standard InChI is InChI=1S/C14H13NO5S2/c1-7(13(18)19)15-12(17)11(22-14(15)21)6-8-3-4-9(16)10(5-8)20-2/h3-7,16H,1-2H3,(H,18,19)/p-1/b11-6-/t7-/m0/s1. The highest BCUT2D eigenvalue weighted by molar-refractivity contribution is 8.26. The van der Waals surface area contributed by atoms with E-state index in [1.165, 1.54) is 20.1 Å². The van der Waals surface area contributed by atoms with Crippen LogP contribution in [0.4, 0.5) is 0 Å². The Hall–Kier alpha value is -2.06. The third-order valence-electron chi connectivity index (χ3n) is 3.05. The fourth-order valence-electron chi connectivity index (χ4n) is 1.85. The van der Waals surface area contributed by atoms with Gasteiger partial charge in [0.2, 0.25) is 0 Å². The molecular formula is C14H12NO5S2-. The first-order valence-electron chi connectivity index (χ1n) is 6.20. The summed E-state index contributed by atoms with van der Waals surface area (Å²) >= 11 is 6.06. The van der Waals surface area contributed by atoms with Crippen molar-refractivity contribution in [2.24, 2.45) is 0 Å². The van der Waals surface area contributed by atoms with Crippen LogP contribution in [-0.2, 0) is 9.59 Å². The van der Waals surface area contributed by atoms with E-state index in [4.69, 9.17) is 17.0 Å². The second-order valence-electron chi connectivity index (χ2n) is 4.48. The first-order valence-corrected chi connectivity index (χ1v) is 7.42. The molecule has 0 bridgehead atoms. The Morgan fingerprint density at radius 1 is 1.55 bits per heavy atom. The van der Waals surface area contributed by atoms with Crippen molar-refractivity contribution in [1.29, 1.82) is 0 Å². The number of hydrogen-bond acceptors (Lipinski definition) is 7. The van der Waals surface area contributed by atoms with Gasteiger partial charge in [-0.05, 0) is 30.7 Å². The Morgan fingerprint density at radius 3 is 2.82 bits per heavy atom. The topological polar surface area (TPSA) is 89.9 Å². The summed E-state index contributed by atoms with van der Waals surface area (Å²) in [5, 5.41) is 20.5. The zero-order chi connectivity index (χ0) is 16.4.